The highest BCUT2D eigenvalue weighted by Crippen LogP contribution is 2.61. The Morgan fingerprint density at radius 3 is 2.78 bits per heavy atom. The molecule has 1 amide bonds. The first-order valence-corrected chi connectivity index (χ1v) is 12.7. The molecule has 0 spiro atoms. The highest BCUT2D eigenvalue weighted by Gasteiger charge is 2.60. The molecule has 3 aromatic heterocycles. The highest BCUT2D eigenvalue weighted by atomic mass is 19.1. The summed E-state index contributed by atoms with van der Waals surface area (Å²) in [5.41, 5.74) is 4.03. The minimum absolute atomic E-state index is 0.241. The summed E-state index contributed by atoms with van der Waals surface area (Å²) in [7, 11) is 4.18. The Labute approximate surface area is 208 Å². The predicted molar refractivity (Wildman–Crippen MR) is 137 cm³/mol. The van der Waals surface area contributed by atoms with Crippen molar-refractivity contribution in [1.29, 1.82) is 0 Å². The Balaban J connectivity index is 1.16. The van der Waals surface area contributed by atoms with Crippen molar-refractivity contribution >= 4 is 33.8 Å². The fraction of sp³-hybridized carbons (Fsp3) is 0.444. The zero-order chi connectivity index (χ0) is 24.8. The molecule has 1 aromatic carbocycles. The van der Waals surface area contributed by atoms with E-state index in [2.05, 4.69) is 32.2 Å². The van der Waals surface area contributed by atoms with Crippen LogP contribution < -0.4 is 10.2 Å². The molecule has 1 aliphatic heterocycles. The molecule has 9 heteroatoms. The van der Waals surface area contributed by atoms with Crippen LogP contribution in [0, 0.1) is 18.7 Å². The van der Waals surface area contributed by atoms with Crippen molar-refractivity contribution in [3.05, 3.63) is 53.9 Å². The van der Waals surface area contributed by atoms with Crippen molar-refractivity contribution in [3.8, 4) is 0 Å². The predicted octanol–water partition coefficient (Wildman–Crippen LogP) is 3.98. The number of aromatic nitrogens is 4. The zero-order valence-electron chi connectivity index (χ0n) is 20.8. The van der Waals surface area contributed by atoms with Crippen LogP contribution in [-0.4, -0.2) is 61.7 Å². The van der Waals surface area contributed by atoms with Gasteiger partial charge in [0.15, 0.2) is 11.5 Å². The van der Waals surface area contributed by atoms with Crippen LogP contribution in [-0.2, 0) is 7.05 Å². The maximum atomic E-state index is 14.5. The van der Waals surface area contributed by atoms with E-state index in [9.17, 15) is 9.18 Å². The number of hydrogen-bond acceptors (Lipinski definition) is 5. The van der Waals surface area contributed by atoms with Crippen LogP contribution in [0.5, 0.6) is 0 Å². The molecule has 3 saturated carbocycles. The lowest BCUT2D eigenvalue weighted by Crippen LogP contribution is -2.69. The average molecular weight is 488 g/mol. The lowest BCUT2D eigenvalue weighted by molar-refractivity contribution is -0.146. The molecule has 2 bridgehead atoms. The third-order valence-electron chi connectivity index (χ3n) is 8.70. The standard InChI is InChI=1S/C27H30FN7O/c1-16-12-35-13-18(8-22(28)25(35)29-16)30-26(36)20-4-5-23(21-15-32(2)31-24(20)21)34-7-6-19(14-34)33(3)27-9-17(10-27)11-27/h4-5,8,12-13,15,17,19H,6-7,9-11,14H2,1-3H3,(H,30,36)/t17?,19-,27?/m1/s1. The van der Waals surface area contributed by atoms with Gasteiger partial charge in [0.05, 0.1) is 16.9 Å². The fourth-order valence-corrected chi connectivity index (χ4v) is 6.64. The van der Waals surface area contributed by atoms with E-state index < -0.39 is 5.82 Å². The van der Waals surface area contributed by atoms with E-state index in [1.54, 1.807) is 28.4 Å². The summed E-state index contributed by atoms with van der Waals surface area (Å²) in [5.74, 6) is 0.177. The molecule has 4 aliphatic rings. The van der Waals surface area contributed by atoms with Gasteiger partial charge in [0, 0.05) is 67.4 Å². The molecule has 1 N–H and O–H groups in total. The topological polar surface area (TPSA) is 70.7 Å². The molecule has 0 radical (unpaired) electrons. The van der Waals surface area contributed by atoms with E-state index in [1.165, 1.54) is 25.3 Å². The Morgan fingerprint density at radius 1 is 1.22 bits per heavy atom. The van der Waals surface area contributed by atoms with Crippen molar-refractivity contribution in [2.24, 2.45) is 13.0 Å². The Hall–Kier alpha value is -3.46. The quantitative estimate of drug-likeness (QED) is 0.461. The molecule has 1 atom stereocenters. The van der Waals surface area contributed by atoms with Gasteiger partial charge in [0.2, 0.25) is 0 Å². The number of rotatable bonds is 5. The smallest absolute Gasteiger partial charge is 0.257 e. The number of anilines is 2. The summed E-state index contributed by atoms with van der Waals surface area (Å²) in [5, 5.41) is 8.44. The van der Waals surface area contributed by atoms with E-state index in [1.807, 2.05) is 25.4 Å². The number of nitrogens with one attached hydrogen (secondary N) is 1. The Morgan fingerprint density at radius 2 is 2.03 bits per heavy atom. The van der Waals surface area contributed by atoms with Crippen molar-refractivity contribution in [1.82, 2.24) is 24.1 Å². The number of aryl methyl sites for hydroxylation is 2. The van der Waals surface area contributed by atoms with Crippen LogP contribution in [0.1, 0.15) is 41.7 Å². The van der Waals surface area contributed by atoms with Gasteiger partial charge in [0.1, 0.15) is 5.52 Å². The fourth-order valence-electron chi connectivity index (χ4n) is 6.64. The van der Waals surface area contributed by atoms with Crippen molar-refractivity contribution in [2.75, 3.05) is 30.4 Å². The maximum absolute atomic E-state index is 14.5. The summed E-state index contributed by atoms with van der Waals surface area (Å²) in [6.45, 7) is 3.79. The molecule has 8 rings (SSSR count). The van der Waals surface area contributed by atoms with Crippen molar-refractivity contribution in [2.45, 2.75) is 44.2 Å². The number of nitrogens with zero attached hydrogens (tertiary/aromatic N) is 6. The third kappa shape index (κ3) is 3.18. The molecule has 3 aliphatic carbocycles. The number of carbonyl (C=O) groups excluding carboxylic acids is 1. The van der Waals surface area contributed by atoms with Crippen LogP contribution >= 0.6 is 0 Å². The third-order valence-corrected chi connectivity index (χ3v) is 8.70. The molecule has 1 saturated heterocycles. The lowest BCUT2D eigenvalue weighted by atomic mass is 9.49. The highest BCUT2D eigenvalue weighted by molar-refractivity contribution is 6.13. The van der Waals surface area contributed by atoms with Gasteiger partial charge in [-0.3, -0.25) is 14.4 Å². The second kappa shape index (κ2) is 7.52. The number of halogens is 1. The molecule has 4 fully saturated rings. The monoisotopic (exact) mass is 487 g/mol. The molecule has 186 valence electrons. The van der Waals surface area contributed by atoms with Gasteiger partial charge in [-0.25, -0.2) is 9.37 Å². The SMILES string of the molecule is Cc1cn2cc(NC(=O)c3ccc(N4CC[C@@H](N(C)C56CC(C5)C6)C4)c4cn(C)nc34)cc(F)c2n1. The number of likely N-dealkylation sites (N-methyl/N-ethyl adjacent to an activating group) is 1. The average Bonchev–Trinajstić information content (AvgIpc) is 3.48. The molecule has 4 aromatic rings. The summed E-state index contributed by atoms with van der Waals surface area (Å²) in [6, 6.07) is 5.73. The van der Waals surface area contributed by atoms with E-state index >= 15 is 0 Å². The van der Waals surface area contributed by atoms with Crippen LogP contribution in [0.3, 0.4) is 0 Å². The number of hydrogen-bond donors (Lipinski definition) is 1. The van der Waals surface area contributed by atoms with Gasteiger partial charge in [-0.05, 0) is 57.7 Å². The van der Waals surface area contributed by atoms with Crippen LogP contribution in [0.15, 0.2) is 36.8 Å². The number of pyridine rings is 1. The first-order valence-electron chi connectivity index (χ1n) is 12.7. The second-order valence-electron chi connectivity index (χ2n) is 11.0. The maximum Gasteiger partial charge on any atom is 0.257 e. The first kappa shape index (κ1) is 21.8. The normalized spacial score (nSPS) is 25.0. The van der Waals surface area contributed by atoms with Crippen molar-refractivity contribution in [3.63, 3.8) is 0 Å². The Kier molecular flexibility index (Phi) is 4.55. The molecular weight excluding hydrogens is 457 g/mol. The number of benzene rings is 1. The minimum atomic E-state index is -0.480. The first-order chi connectivity index (χ1) is 17.3. The van der Waals surface area contributed by atoms with Crippen LogP contribution in [0.4, 0.5) is 15.8 Å². The van der Waals surface area contributed by atoms with E-state index in [0.717, 1.165) is 36.5 Å². The molecule has 36 heavy (non-hydrogen) atoms. The van der Waals surface area contributed by atoms with Gasteiger partial charge in [-0.15, -0.1) is 0 Å². The summed E-state index contributed by atoms with van der Waals surface area (Å²) >= 11 is 0. The largest absolute Gasteiger partial charge is 0.369 e. The van der Waals surface area contributed by atoms with E-state index in [-0.39, 0.29) is 11.6 Å². The number of fused-ring (bicyclic) bond motifs is 2. The van der Waals surface area contributed by atoms with Gasteiger partial charge in [0.25, 0.3) is 5.91 Å². The van der Waals surface area contributed by atoms with E-state index in [4.69, 9.17) is 0 Å². The summed E-state index contributed by atoms with van der Waals surface area (Å²) < 4.78 is 17.9. The minimum Gasteiger partial charge on any atom is -0.369 e. The molecular formula is C27H30FN7O. The van der Waals surface area contributed by atoms with Crippen LogP contribution in [0.25, 0.3) is 16.6 Å². The lowest BCUT2D eigenvalue weighted by Gasteiger charge is -2.67. The zero-order valence-corrected chi connectivity index (χ0v) is 20.8. The Bertz CT molecular complexity index is 1520. The number of amides is 1. The van der Waals surface area contributed by atoms with Gasteiger partial charge in [-0.1, -0.05) is 0 Å². The van der Waals surface area contributed by atoms with Crippen LogP contribution in [0.2, 0.25) is 0 Å². The second-order valence-corrected chi connectivity index (χ2v) is 11.0. The van der Waals surface area contributed by atoms with Crippen molar-refractivity contribution < 1.29 is 9.18 Å². The molecule has 0 unspecified atom stereocenters. The van der Waals surface area contributed by atoms with Gasteiger partial charge < -0.3 is 14.6 Å². The summed E-state index contributed by atoms with van der Waals surface area (Å²) in [4.78, 5) is 22.5. The van der Waals surface area contributed by atoms with Gasteiger partial charge in [-0.2, -0.15) is 5.10 Å². The van der Waals surface area contributed by atoms with E-state index in [0.29, 0.717) is 34.0 Å². The number of carbonyl (C=O) groups is 1. The van der Waals surface area contributed by atoms with Gasteiger partial charge >= 0.3 is 0 Å². The molecule has 4 heterocycles. The summed E-state index contributed by atoms with van der Waals surface area (Å²) in [6.07, 6.45) is 10.6. The number of imidazole rings is 1. The molecule has 8 nitrogen and oxygen atoms in total.